The Balaban J connectivity index is 1.66. The molecule has 0 fully saturated rings. The molecule has 1 aliphatic heterocycles. The molecule has 8 heteroatoms. The van der Waals surface area contributed by atoms with Crippen LogP contribution in [0.3, 0.4) is 0 Å². The summed E-state index contributed by atoms with van der Waals surface area (Å²) in [5, 5.41) is 8.13. The number of allylic oxidation sites excluding steroid dienone is 1. The first-order chi connectivity index (χ1) is 16.9. The number of methoxy groups -OCH3 is 1. The van der Waals surface area contributed by atoms with Gasteiger partial charge in [-0.2, -0.15) is 4.98 Å². The lowest BCUT2D eigenvalue weighted by atomic mass is 9.94. The fraction of sp³-hybridized carbons (Fsp3) is 0.148. The first-order valence-electron chi connectivity index (χ1n) is 11.1. The molecule has 0 saturated heterocycles. The highest BCUT2D eigenvalue weighted by Gasteiger charge is 2.35. The van der Waals surface area contributed by atoms with Gasteiger partial charge in [-0.25, -0.2) is 4.39 Å². The molecular formula is C27H23FN4O2S. The number of anilines is 1. The van der Waals surface area contributed by atoms with Crippen molar-refractivity contribution < 1.29 is 13.7 Å². The highest BCUT2D eigenvalue weighted by atomic mass is 32.1. The van der Waals surface area contributed by atoms with E-state index in [9.17, 15) is 4.39 Å². The zero-order chi connectivity index (χ0) is 24.5. The fourth-order valence-corrected chi connectivity index (χ4v) is 4.53. The summed E-state index contributed by atoms with van der Waals surface area (Å²) in [5.41, 5.74) is 5.14. The second-order valence-corrected chi connectivity index (χ2v) is 8.65. The lowest BCUT2D eigenvalue weighted by Crippen LogP contribution is -2.46. The second kappa shape index (κ2) is 9.31. The predicted octanol–water partition coefficient (Wildman–Crippen LogP) is 6.06. The van der Waals surface area contributed by atoms with Crippen molar-refractivity contribution in [2.75, 3.05) is 12.0 Å². The van der Waals surface area contributed by atoms with Crippen molar-refractivity contribution in [3.63, 3.8) is 0 Å². The number of hydrogen-bond acceptors (Lipinski definition) is 5. The Labute approximate surface area is 208 Å². The lowest BCUT2D eigenvalue weighted by Gasteiger charge is -2.37. The van der Waals surface area contributed by atoms with E-state index >= 15 is 0 Å². The number of nitrogens with zero attached hydrogens (tertiary/aromatic N) is 3. The van der Waals surface area contributed by atoms with Crippen LogP contribution < -0.4 is 15.0 Å². The zero-order valence-corrected chi connectivity index (χ0v) is 20.3. The van der Waals surface area contributed by atoms with Crippen molar-refractivity contribution in [2.45, 2.75) is 19.9 Å². The molecule has 0 amide bonds. The van der Waals surface area contributed by atoms with E-state index in [0.29, 0.717) is 22.4 Å². The SMILES string of the molecule is COc1cccc(C2NC(=S)N(c3ccc(C)cc3)C(C)=C2c2nc(-c3cccc(F)c3)no2)c1. The van der Waals surface area contributed by atoms with Gasteiger partial charge in [0.05, 0.1) is 18.7 Å². The molecule has 6 nitrogen and oxygen atoms in total. The van der Waals surface area contributed by atoms with Gasteiger partial charge in [0.2, 0.25) is 5.82 Å². The highest BCUT2D eigenvalue weighted by Crippen LogP contribution is 2.40. The molecule has 0 aliphatic carbocycles. The first-order valence-corrected chi connectivity index (χ1v) is 11.5. The summed E-state index contributed by atoms with van der Waals surface area (Å²) in [6.07, 6.45) is 0. The summed E-state index contributed by atoms with van der Waals surface area (Å²) in [4.78, 5) is 6.59. The second-order valence-electron chi connectivity index (χ2n) is 8.26. The normalized spacial score (nSPS) is 15.8. The van der Waals surface area contributed by atoms with Gasteiger partial charge in [0.15, 0.2) is 5.11 Å². The minimum atomic E-state index is -0.367. The Morgan fingerprint density at radius 3 is 2.54 bits per heavy atom. The first kappa shape index (κ1) is 22.7. The fourth-order valence-electron chi connectivity index (χ4n) is 4.17. The molecule has 0 bridgehead atoms. The highest BCUT2D eigenvalue weighted by molar-refractivity contribution is 7.80. The number of nitrogens with one attached hydrogen (secondary N) is 1. The quantitative estimate of drug-likeness (QED) is 0.344. The molecule has 35 heavy (non-hydrogen) atoms. The van der Waals surface area contributed by atoms with Crippen LogP contribution in [-0.2, 0) is 0 Å². The molecule has 5 rings (SSSR count). The molecule has 1 N–H and O–H groups in total. The smallest absolute Gasteiger partial charge is 0.258 e. The molecule has 2 heterocycles. The third kappa shape index (κ3) is 4.40. The number of aromatic nitrogens is 2. The van der Waals surface area contributed by atoms with E-state index in [-0.39, 0.29) is 11.9 Å². The Morgan fingerprint density at radius 2 is 1.80 bits per heavy atom. The van der Waals surface area contributed by atoms with Gasteiger partial charge >= 0.3 is 0 Å². The van der Waals surface area contributed by atoms with Crippen molar-refractivity contribution in [1.29, 1.82) is 0 Å². The summed E-state index contributed by atoms with van der Waals surface area (Å²) in [5.74, 6) is 0.980. The van der Waals surface area contributed by atoms with Crippen LogP contribution in [0.2, 0.25) is 0 Å². The Morgan fingerprint density at radius 1 is 1.03 bits per heavy atom. The van der Waals surface area contributed by atoms with Crippen LogP contribution in [0, 0.1) is 12.7 Å². The standard InChI is InChI=1S/C27H23FN4O2S/c1-16-10-12-21(13-11-16)32-17(2)23(24(29-27(32)35)18-6-5-9-22(15-18)33-3)26-30-25(31-34-26)19-7-4-8-20(28)14-19/h4-15,24H,1-3H3,(H,29,35). The van der Waals surface area contributed by atoms with Crippen LogP contribution in [0.25, 0.3) is 17.0 Å². The largest absolute Gasteiger partial charge is 0.497 e. The van der Waals surface area contributed by atoms with Gasteiger partial charge in [-0.3, -0.25) is 4.90 Å². The maximum absolute atomic E-state index is 13.8. The number of rotatable bonds is 5. The van der Waals surface area contributed by atoms with Crippen LogP contribution in [0.15, 0.2) is 83.0 Å². The molecule has 1 unspecified atom stereocenters. The number of benzene rings is 3. The van der Waals surface area contributed by atoms with Gasteiger partial charge in [-0.05, 0) is 68.0 Å². The van der Waals surface area contributed by atoms with Crippen molar-refractivity contribution >= 4 is 28.6 Å². The Kier molecular flexibility index (Phi) is 6.05. The summed E-state index contributed by atoms with van der Waals surface area (Å²) in [6, 6.07) is 21.6. The van der Waals surface area contributed by atoms with Gasteiger partial charge in [0, 0.05) is 16.9 Å². The van der Waals surface area contributed by atoms with Crippen molar-refractivity contribution in [3.8, 4) is 17.1 Å². The van der Waals surface area contributed by atoms with Crippen molar-refractivity contribution in [3.05, 3.63) is 101 Å². The van der Waals surface area contributed by atoms with E-state index in [1.54, 1.807) is 19.2 Å². The van der Waals surface area contributed by atoms with Crippen molar-refractivity contribution in [2.24, 2.45) is 0 Å². The van der Waals surface area contributed by atoms with E-state index in [2.05, 4.69) is 15.5 Å². The van der Waals surface area contributed by atoms with E-state index in [1.807, 2.05) is 67.3 Å². The Hall–Kier alpha value is -4.04. The zero-order valence-electron chi connectivity index (χ0n) is 19.4. The van der Waals surface area contributed by atoms with Crippen molar-refractivity contribution in [1.82, 2.24) is 15.5 Å². The average Bonchev–Trinajstić information content (AvgIpc) is 3.35. The number of halogens is 1. The van der Waals surface area contributed by atoms with Gasteiger partial charge in [0.25, 0.3) is 5.89 Å². The maximum Gasteiger partial charge on any atom is 0.258 e. The summed E-state index contributed by atoms with van der Waals surface area (Å²) in [7, 11) is 1.63. The summed E-state index contributed by atoms with van der Waals surface area (Å²) in [6.45, 7) is 4.01. The van der Waals surface area contributed by atoms with Gasteiger partial charge < -0.3 is 14.6 Å². The van der Waals surface area contributed by atoms with E-state index in [1.165, 1.54) is 12.1 Å². The van der Waals surface area contributed by atoms with Crippen LogP contribution in [0.4, 0.5) is 10.1 Å². The van der Waals surface area contributed by atoms with Crippen LogP contribution in [0.1, 0.15) is 30.0 Å². The van der Waals surface area contributed by atoms with Gasteiger partial charge in [-0.15, -0.1) is 0 Å². The molecule has 4 aromatic rings. The molecule has 3 aromatic carbocycles. The molecule has 1 aliphatic rings. The number of aryl methyl sites for hydroxylation is 1. The van der Waals surface area contributed by atoms with Gasteiger partial charge in [0.1, 0.15) is 11.6 Å². The number of hydrogen-bond donors (Lipinski definition) is 1. The Bertz CT molecular complexity index is 1430. The predicted molar refractivity (Wildman–Crippen MR) is 137 cm³/mol. The number of thiocarbonyl (C=S) groups is 1. The third-order valence-corrected chi connectivity index (χ3v) is 6.24. The minimum absolute atomic E-state index is 0.305. The van der Waals surface area contributed by atoms with E-state index in [4.69, 9.17) is 21.5 Å². The van der Waals surface area contributed by atoms with Crippen LogP contribution in [-0.4, -0.2) is 22.4 Å². The topological polar surface area (TPSA) is 63.4 Å². The maximum atomic E-state index is 13.8. The molecule has 1 aromatic heterocycles. The minimum Gasteiger partial charge on any atom is -0.497 e. The van der Waals surface area contributed by atoms with E-state index < -0.39 is 0 Å². The number of ether oxygens (including phenoxy) is 1. The molecule has 0 spiro atoms. The lowest BCUT2D eigenvalue weighted by molar-refractivity contribution is 0.403. The summed E-state index contributed by atoms with van der Waals surface area (Å²) < 4.78 is 25.0. The molecule has 0 radical (unpaired) electrons. The average molecular weight is 487 g/mol. The van der Waals surface area contributed by atoms with Gasteiger partial charge in [-0.1, -0.05) is 47.1 Å². The summed E-state index contributed by atoms with van der Waals surface area (Å²) >= 11 is 5.80. The third-order valence-electron chi connectivity index (χ3n) is 5.94. The van der Waals surface area contributed by atoms with Crippen LogP contribution in [0.5, 0.6) is 5.75 Å². The molecular weight excluding hydrogens is 463 g/mol. The molecule has 1 atom stereocenters. The monoisotopic (exact) mass is 486 g/mol. The van der Waals surface area contributed by atoms with Crippen LogP contribution >= 0.6 is 12.2 Å². The molecule has 0 saturated carbocycles. The molecule has 176 valence electrons. The van der Waals surface area contributed by atoms with E-state index in [0.717, 1.165) is 33.8 Å².